The molecular formula is C26H40Cl3N3O. The smallest absolute Gasteiger partial charge is 0.220 e. The Kier molecular flexibility index (Phi) is 8.92. The summed E-state index contributed by atoms with van der Waals surface area (Å²) in [4.78, 5) is 17.7. The summed E-state index contributed by atoms with van der Waals surface area (Å²) in [5.74, 6) is 2.09. The third-order valence-electron chi connectivity index (χ3n) is 8.53. The van der Waals surface area contributed by atoms with E-state index in [1.807, 2.05) is 12.1 Å². The summed E-state index contributed by atoms with van der Waals surface area (Å²) in [6.07, 6.45) is 9.98. The van der Waals surface area contributed by atoms with E-state index in [-0.39, 0.29) is 24.8 Å². The molecule has 4 saturated carbocycles. The van der Waals surface area contributed by atoms with Crippen molar-refractivity contribution >= 4 is 48.0 Å². The second-order valence-electron chi connectivity index (χ2n) is 11.5. The van der Waals surface area contributed by atoms with Crippen LogP contribution in [0.2, 0.25) is 5.02 Å². The monoisotopic (exact) mass is 515 g/mol. The highest BCUT2D eigenvalue weighted by molar-refractivity contribution is 6.30. The van der Waals surface area contributed by atoms with Crippen LogP contribution in [-0.4, -0.2) is 50.1 Å². The van der Waals surface area contributed by atoms with Gasteiger partial charge in [-0.2, -0.15) is 0 Å². The summed E-state index contributed by atoms with van der Waals surface area (Å²) < 4.78 is 0. The Morgan fingerprint density at radius 3 is 2.42 bits per heavy atom. The molecule has 1 amide bonds. The summed E-state index contributed by atoms with van der Waals surface area (Å²) in [5.41, 5.74) is 2.06. The lowest BCUT2D eigenvalue weighted by Crippen LogP contribution is -2.52. The van der Waals surface area contributed by atoms with Crippen LogP contribution in [-0.2, 0) is 4.79 Å². The van der Waals surface area contributed by atoms with E-state index in [2.05, 4.69) is 34.2 Å². The molecule has 1 aromatic rings. The van der Waals surface area contributed by atoms with E-state index < -0.39 is 0 Å². The predicted molar refractivity (Wildman–Crippen MR) is 142 cm³/mol. The molecule has 5 aliphatic rings. The summed E-state index contributed by atoms with van der Waals surface area (Å²) in [5, 5.41) is 4.06. The minimum atomic E-state index is 0. The molecule has 1 aliphatic heterocycles. The van der Waals surface area contributed by atoms with Crippen molar-refractivity contribution in [1.29, 1.82) is 0 Å². The van der Waals surface area contributed by atoms with Crippen molar-refractivity contribution in [3.8, 4) is 0 Å². The van der Waals surface area contributed by atoms with Crippen LogP contribution in [0.4, 0.5) is 5.69 Å². The lowest BCUT2D eigenvalue weighted by Gasteiger charge is -2.61. The number of hydrogen-bond donors (Lipinski definition) is 1. The Bertz CT molecular complexity index is 798. The van der Waals surface area contributed by atoms with Crippen molar-refractivity contribution in [2.24, 2.45) is 22.7 Å². The average molecular weight is 517 g/mol. The summed E-state index contributed by atoms with van der Waals surface area (Å²) in [7, 11) is 0. The molecule has 7 heteroatoms. The molecule has 2 unspecified atom stereocenters. The Balaban J connectivity index is 0.00000153. The van der Waals surface area contributed by atoms with Crippen LogP contribution in [0.1, 0.15) is 58.3 Å². The third kappa shape index (κ3) is 6.31. The molecule has 6 rings (SSSR count). The number of hydrogen-bond acceptors (Lipinski definition) is 3. The van der Waals surface area contributed by atoms with Gasteiger partial charge in [0.15, 0.2) is 0 Å². The van der Waals surface area contributed by atoms with Crippen molar-refractivity contribution in [1.82, 2.24) is 10.2 Å². The largest absolute Gasteiger partial charge is 0.369 e. The van der Waals surface area contributed by atoms with Gasteiger partial charge in [-0.3, -0.25) is 9.69 Å². The highest BCUT2D eigenvalue weighted by Crippen LogP contribution is 2.66. The zero-order valence-corrected chi connectivity index (χ0v) is 22.2. The predicted octanol–water partition coefficient (Wildman–Crippen LogP) is 5.81. The zero-order valence-electron chi connectivity index (χ0n) is 19.9. The van der Waals surface area contributed by atoms with Gasteiger partial charge in [0.05, 0.1) is 0 Å². The second-order valence-corrected chi connectivity index (χ2v) is 11.9. The molecule has 1 aromatic carbocycles. The fraction of sp³-hybridized carbons (Fsp3) is 0.731. The number of benzene rings is 1. The standard InChI is InChI=1S/C26H38ClN3O.2ClH/c1-25-14-20-12-21(15-25)17-26(16-20,19-25)18-24(31)28-6-3-7-29-8-10-30(11-9-29)23-5-2-4-22(27)13-23;;/h2,4-5,13,20-21H,3,6-12,14-19H2,1H3,(H,28,31);2*1H/t20-,21+,25?,26?;;. The molecule has 5 fully saturated rings. The van der Waals surface area contributed by atoms with E-state index in [1.54, 1.807) is 0 Å². The van der Waals surface area contributed by atoms with Gasteiger partial charge in [-0.1, -0.05) is 24.6 Å². The SMILES string of the molecule is CC12C[C@H]3C[C@@H](C1)CC(CC(=O)NCCCN1CCN(c4cccc(Cl)c4)CC1)(C3)C2.Cl.Cl. The molecule has 0 radical (unpaired) electrons. The molecule has 1 heterocycles. The minimum absolute atomic E-state index is 0. The Labute approximate surface area is 217 Å². The van der Waals surface area contributed by atoms with E-state index in [4.69, 9.17) is 11.6 Å². The van der Waals surface area contributed by atoms with Gasteiger partial charge in [0, 0.05) is 49.9 Å². The Hall–Kier alpha value is -0.680. The Morgan fingerprint density at radius 2 is 1.79 bits per heavy atom. The van der Waals surface area contributed by atoms with Crippen LogP contribution in [0.15, 0.2) is 24.3 Å². The van der Waals surface area contributed by atoms with Crippen LogP contribution in [0.25, 0.3) is 0 Å². The van der Waals surface area contributed by atoms with Crippen LogP contribution < -0.4 is 10.2 Å². The fourth-order valence-corrected chi connectivity index (χ4v) is 8.16. The molecule has 4 atom stereocenters. The number of nitrogens with zero attached hydrogens (tertiary/aromatic N) is 2. The average Bonchev–Trinajstić information content (AvgIpc) is 2.69. The van der Waals surface area contributed by atoms with Crippen molar-refractivity contribution in [2.45, 2.75) is 58.3 Å². The Morgan fingerprint density at radius 1 is 1.09 bits per heavy atom. The molecule has 4 aliphatic carbocycles. The maximum absolute atomic E-state index is 12.8. The van der Waals surface area contributed by atoms with Crippen LogP contribution >= 0.6 is 36.4 Å². The number of halogens is 3. The normalized spacial score (nSPS) is 32.7. The van der Waals surface area contributed by atoms with Gasteiger partial charge in [0.25, 0.3) is 0 Å². The molecule has 186 valence electrons. The summed E-state index contributed by atoms with van der Waals surface area (Å²) >= 11 is 6.14. The van der Waals surface area contributed by atoms with Gasteiger partial charge in [0.1, 0.15) is 0 Å². The number of rotatable bonds is 7. The first kappa shape index (κ1) is 26.9. The number of piperazine rings is 1. The maximum Gasteiger partial charge on any atom is 0.220 e. The van der Waals surface area contributed by atoms with Crippen molar-refractivity contribution < 1.29 is 4.79 Å². The lowest BCUT2D eigenvalue weighted by molar-refractivity contribution is -0.136. The first-order chi connectivity index (χ1) is 14.9. The number of nitrogens with one attached hydrogen (secondary N) is 1. The second kappa shape index (κ2) is 10.9. The highest BCUT2D eigenvalue weighted by atomic mass is 35.5. The fourth-order valence-electron chi connectivity index (χ4n) is 7.97. The van der Waals surface area contributed by atoms with Crippen molar-refractivity contribution in [3.05, 3.63) is 29.3 Å². The minimum Gasteiger partial charge on any atom is -0.369 e. The van der Waals surface area contributed by atoms with Gasteiger partial charge in [-0.15, -0.1) is 24.8 Å². The third-order valence-corrected chi connectivity index (χ3v) is 8.76. The molecule has 4 nitrogen and oxygen atoms in total. The molecular weight excluding hydrogens is 477 g/mol. The number of anilines is 1. The summed E-state index contributed by atoms with van der Waals surface area (Å²) in [6, 6.07) is 8.15. The quantitative estimate of drug-likeness (QED) is 0.465. The molecule has 0 spiro atoms. The lowest BCUT2D eigenvalue weighted by atomic mass is 9.44. The summed E-state index contributed by atoms with van der Waals surface area (Å²) in [6.45, 7) is 8.59. The maximum atomic E-state index is 12.8. The molecule has 33 heavy (non-hydrogen) atoms. The van der Waals surface area contributed by atoms with E-state index >= 15 is 0 Å². The molecule has 1 saturated heterocycles. The van der Waals surface area contributed by atoms with Crippen molar-refractivity contribution in [2.75, 3.05) is 44.2 Å². The molecule has 4 bridgehead atoms. The number of carbonyl (C=O) groups excluding carboxylic acids is 1. The number of amides is 1. The van der Waals surface area contributed by atoms with E-state index in [0.29, 0.717) is 16.7 Å². The van der Waals surface area contributed by atoms with Crippen LogP contribution in [0.5, 0.6) is 0 Å². The topological polar surface area (TPSA) is 35.6 Å². The first-order valence-electron chi connectivity index (χ1n) is 12.4. The van der Waals surface area contributed by atoms with Crippen molar-refractivity contribution in [3.63, 3.8) is 0 Å². The van der Waals surface area contributed by atoms with Gasteiger partial charge in [-0.25, -0.2) is 0 Å². The van der Waals surface area contributed by atoms with Gasteiger partial charge in [0.2, 0.25) is 5.91 Å². The molecule has 0 aromatic heterocycles. The van der Waals surface area contributed by atoms with E-state index in [1.165, 1.54) is 44.2 Å². The van der Waals surface area contributed by atoms with E-state index in [9.17, 15) is 4.79 Å². The zero-order chi connectivity index (χ0) is 21.5. The van der Waals surface area contributed by atoms with Gasteiger partial charge < -0.3 is 10.2 Å². The molecule has 1 N–H and O–H groups in total. The van der Waals surface area contributed by atoms with E-state index in [0.717, 1.165) is 69.0 Å². The highest BCUT2D eigenvalue weighted by Gasteiger charge is 2.56. The van der Waals surface area contributed by atoms with Crippen LogP contribution in [0, 0.1) is 22.7 Å². The van der Waals surface area contributed by atoms with Gasteiger partial charge in [-0.05, 0) is 92.4 Å². The first-order valence-corrected chi connectivity index (χ1v) is 12.8. The van der Waals surface area contributed by atoms with Crippen LogP contribution in [0.3, 0.4) is 0 Å². The number of carbonyl (C=O) groups is 1. The van der Waals surface area contributed by atoms with Gasteiger partial charge >= 0.3 is 0 Å².